The van der Waals surface area contributed by atoms with Crippen LogP contribution in [0.4, 0.5) is 0 Å². The minimum Gasteiger partial charge on any atom is -0.355 e. The van der Waals surface area contributed by atoms with Gasteiger partial charge in [0, 0.05) is 38.3 Å². The highest BCUT2D eigenvalue weighted by molar-refractivity contribution is 6.12. The molecular formula is C31H19N3. The van der Waals surface area contributed by atoms with Crippen LogP contribution in [-0.2, 0) is 0 Å². The molecule has 0 radical (unpaired) electrons. The van der Waals surface area contributed by atoms with Crippen molar-refractivity contribution in [3.05, 3.63) is 115 Å². The van der Waals surface area contributed by atoms with E-state index in [0.717, 1.165) is 33.1 Å². The first-order valence-corrected chi connectivity index (χ1v) is 11.3. The Kier molecular flexibility index (Phi) is 3.91. The molecule has 3 nitrogen and oxygen atoms in total. The lowest BCUT2D eigenvalue weighted by Crippen LogP contribution is -1.92. The Balaban J connectivity index is 1.47. The van der Waals surface area contributed by atoms with E-state index in [9.17, 15) is 5.26 Å². The van der Waals surface area contributed by atoms with Crippen molar-refractivity contribution in [2.45, 2.75) is 0 Å². The lowest BCUT2D eigenvalue weighted by atomic mass is 10.0. The fourth-order valence-electron chi connectivity index (χ4n) is 5.15. The van der Waals surface area contributed by atoms with Crippen LogP contribution in [0, 0.1) is 11.3 Å². The van der Waals surface area contributed by atoms with Gasteiger partial charge in [0.05, 0.1) is 22.7 Å². The maximum Gasteiger partial charge on any atom is 0.0991 e. The van der Waals surface area contributed by atoms with Gasteiger partial charge in [0.25, 0.3) is 0 Å². The van der Waals surface area contributed by atoms with Gasteiger partial charge >= 0.3 is 0 Å². The van der Waals surface area contributed by atoms with Gasteiger partial charge in [-0.2, -0.15) is 5.26 Å². The Bertz CT molecular complexity index is 1910. The molecule has 2 heterocycles. The number of hydrogen-bond acceptors (Lipinski definition) is 1. The number of nitriles is 1. The summed E-state index contributed by atoms with van der Waals surface area (Å²) in [5.41, 5.74) is 8.71. The zero-order valence-electron chi connectivity index (χ0n) is 18.3. The molecule has 5 aromatic carbocycles. The third-order valence-corrected chi connectivity index (χ3v) is 6.75. The van der Waals surface area contributed by atoms with E-state index in [-0.39, 0.29) is 0 Å². The quantitative estimate of drug-likeness (QED) is 0.295. The monoisotopic (exact) mass is 433 g/mol. The van der Waals surface area contributed by atoms with E-state index in [0.29, 0.717) is 5.56 Å². The number of para-hydroxylation sites is 2. The third-order valence-electron chi connectivity index (χ3n) is 6.75. The van der Waals surface area contributed by atoms with E-state index in [1.807, 2.05) is 18.2 Å². The zero-order valence-corrected chi connectivity index (χ0v) is 18.3. The lowest BCUT2D eigenvalue weighted by Gasteiger charge is -2.08. The molecule has 0 unspecified atom stereocenters. The second-order valence-electron chi connectivity index (χ2n) is 8.68. The second-order valence-corrected chi connectivity index (χ2v) is 8.68. The summed E-state index contributed by atoms with van der Waals surface area (Å²) in [6.07, 6.45) is 0. The first-order chi connectivity index (χ1) is 16.8. The Morgan fingerprint density at radius 1 is 0.559 bits per heavy atom. The Morgan fingerprint density at radius 3 is 2.03 bits per heavy atom. The van der Waals surface area contributed by atoms with Crippen LogP contribution < -0.4 is 0 Å². The molecule has 0 fully saturated rings. The van der Waals surface area contributed by atoms with Crippen molar-refractivity contribution in [3.8, 4) is 22.9 Å². The molecule has 7 aromatic rings. The highest BCUT2D eigenvalue weighted by Crippen LogP contribution is 2.36. The first kappa shape index (κ1) is 18.7. The molecule has 3 heteroatoms. The minimum absolute atomic E-state index is 0.675. The van der Waals surface area contributed by atoms with Crippen molar-refractivity contribution in [1.29, 1.82) is 5.26 Å². The molecule has 0 bridgehead atoms. The van der Waals surface area contributed by atoms with E-state index < -0.39 is 0 Å². The number of nitrogens with one attached hydrogen (secondary N) is 1. The number of aromatic amines is 1. The Hall–Kier alpha value is -4.81. The standard InChI is InChI=1S/C31H19N3/c32-19-20-10-13-28-25(16-20)26-17-21(11-14-29(26)33-28)22-12-15-31-27(18-22)24-8-4-5-9-30(24)34(31)23-6-2-1-3-7-23/h1-18,33H. The van der Waals surface area contributed by atoms with Crippen LogP contribution in [0.2, 0.25) is 0 Å². The van der Waals surface area contributed by atoms with Crippen molar-refractivity contribution in [1.82, 2.24) is 9.55 Å². The normalized spacial score (nSPS) is 11.5. The molecule has 158 valence electrons. The molecule has 0 saturated heterocycles. The van der Waals surface area contributed by atoms with Gasteiger partial charge in [0.15, 0.2) is 0 Å². The molecule has 7 rings (SSSR count). The van der Waals surface area contributed by atoms with Gasteiger partial charge in [-0.15, -0.1) is 0 Å². The summed E-state index contributed by atoms with van der Waals surface area (Å²) in [5, 5.41) is 14.0. The van der Waals surface area contributed by atoms with Gasteiger partial charge < -0.3 is 9.55 Å². The maximum absolute atomic E-state index is 9.35. The summed E-state index contributed by atoms with van der Waals surface area (Å²) in [7, 11) is 0. The molecule has 0 spiro atoms. The summed E-state index contributed by atoms with van der Waals surface area (Å²) in [5.74, 6) is 0. The van der Waals surface area contributed by atoms with Crippen LogP contribution >= 0.6 is 0 Å². The fraction of sp³-hybridized carbons (Fsp3) is 0. The van der Waals surface area contributed by atoms with Crippen LogP contribution in [0.3, 0.4) is 0 Å². The largest absolute Gasteiger partial charge is 0.355 e. The highest BCUT2D eigenvalue weighted by atomic mass is 15.0. The number of rotatable bonds is 2. The predicted molar refractivity (Wildman–Crippen MR) is 140 cm³/mol. The van der Waals surface area contributed by atoms with Crippen LogP contribution in [0.5, 0.6) is 0 Å². The lowest BCUT2D eigenvalue weighted by molar-refractivity contribution is 1.18. The fourth-order valence-corrected chi connectivity index (χ4v) is 5.15. The van der Waals surface area contributed by atoms with Gasteiger partial charge in [-0.25, -0.2) is 0 Å². The van der Waals surface area contributed by atoms with Crippen molar-refractivity contribution in [2.24, 2.45) is 0 Å². The van der Waals surface area contributed by atoms with E-state index in [1.165, 1.54) is 27.4 Å². The van der Waals surface area contributed by atoms with Crippen LogP contribution in [0.1, 0.15) is 5.56 Å². The van der Waals surface area contributed by atoms with Crippen molar-refractivity contribution in [2.75, 3.05) is 0 Å². The molecular weight excluding hydrogens is 414 g/mol. The van der Waals surface area contributed by atoms with Gasteiger partial charge in [-0.05, 0) is 71.8 Å². The number of fused-ring (bicyclic) bond motifs is 6. The van der Waals surface area contributed by atoms with Crippen LogP contribution in [0.25, 0.3) is 60.4 Å². The zero-order chi connectivity index (χ0) is 22.6. The average Bonchev–Trinajstić information content (AvgIpc) is 3.43. The summed E-state index contributed by atoms with van der Waals surface area (Å²) in [4.78, 5) is 3.47. The van der Waals surface area contributed by atoms with Gasteiger partial charge in [-0.3, -0.25) is 0 Å². The molecule has 0 aliphatic rings. The summed E-state index contributed by atoms with van der Waals surface area (Å²) < 4.78 is 2.33. The smallest absolute Gasteiger partial charge is 0.0991 e. The topological polar surface area (TPSA) is 44.5 Å². The number of nitrogens with zero attached hydrogens (tertiary/aromatic N) is 2. The Labute approximate surface area is 196 Å². The average molecular weight is 434 g/mol. The second kappa shape index (κ2) is 7.10. The van der Waals surface area contributed by atoms with Gasteiger partial charge in [0.1, 0.15) is 0 Å². The molecule has 0 amide bonds. The van der Waals surface area contributed by atoms with Gasteiger partial charge in [0.2, 0.25) is 0 Å². The van der Waals surface area contributed by atoms with E-state index in [1.54, 1.807) is 0 Å². The third kappa shape index (κ3) is 2.69. The number of H-pyrrole nitrogens is 1. The van der Waals surface area contributed by atoms with Crippen LogP contribution in [-0.4, -0.2) is 9.55 Å². The molecule has 1 N–H and O–H groups in total. The molecule has 34 heavy (non-hydrogen) atoms. The van der Waals surface area contributed by atoms with E-state index in [4.69, 9.17) is 0 Å². The molecule has 0 saturated carbocycles. The summed E-state index contributed by atoms with van der Waals surface area (Å²) in [6.45, 7) is 0. The van der Waals surface area contributed by atoms with E-state index in [2.05, 4.69) is 107 Å². The minimum atomic E-state index is 0.675. The van der Waals surface area contributed by atoms with E-state index >= 15 is 0 Å². The summed E-state index contributed by atoms with van der Waals surface area (Å²) >= 11 is 0. The Morgan fingerprint density at radius 2 is 1.21 bits per heavy atom. The summed E-state index contributed by atoms with van der Waals surface area (Å²) in [6, 6.07) is 40.4. The van der Waals surface area contributed by atoms with Crippen molar-refractivity contribution < 1.29 is 0 Å². The molecule has 2 aromatic heterocycles. The van der Waals surface area contributed by atoms with Crippen LogP contribution in [0.15, 0.2) is 109 Å². The molecule has 0 atom stereocenters. The number of benzene rings is 5. The number of hydrogen-bond donors (Lipinski definition) is 1. The SMILES string of the molecule is N#Cc1ccc2[nH]c3ccc(-c4ccc5c(c4)c4ccccc4n5-c4ccccc4)cc3c2c1. The highest BCUT2D eigenvalue weighted by Gasteiger charge is 2.13. The maximum atomic E-state index is 9.35. The van der Waals surface area contributed by atoms with Crippen molar-refractivity contribution >= 4 is 43.6 Å². The van der Waals surface area contributed by atoms with Crippen molar-refractivity contribution in [3.63, 3.8) is 0 Å². The first-order valence-electron chi connectivity index (χ1n) is 11.3. The number of aromatic nitrogens is 2. The molecule has 0 aliphatic heterocycles. The predicted octanol–water partition coefficient (Wildman–Crippen LogP) is 7.96. The van der Waals surface area contributed by atoms with Gasteiger partial charge in [-0.1, -0.05) is 48.5 Å². The molecule has 0 aliphatic carbocycles.